The molecule has 2 N–H and O–H groups in total. The van der Waals surface area contributed by atoms with Crippen molar-refractivity contribution in [1.29, 1.82) is 0 Å². The van der Waals surface area contributed by atoms with E-state index in [1.165, 1.54) is 6.08 Å². The van der Waals surface area contributed by atoms with E-state index in [2.05, 4.69) is 15.3 Å². The van der Waals surface area contributed by atoms with Crippen molar-refractivity contribution in [3.8, 4) is 5.75 Å². The molecule has 0 radical (unpaired) electrons. The molecule has 2 aromatic rings. The number of nitrogens with zero attached hydrogens (tertiary/aromatic N) is 1. The molecule has 1 amide bonds. The van der Waals surface area contributed by atoms with Gasteiger partial charge in [-0.3, -0.25) is 4.79 Å². The van der Waals surface area contributed by atoms with Gasteiger partial charge in [0.1, 0.15) is 11.6 Å². The van der Waals surface area contributed by atoms with E-state index in [9.17, 15) is 4.79 Å². The number of nitrogens with one attached hydrogen (secondary N) is 2. The zero-order valence-electron chi connectivity index (χ0n) is 12.2. The first-order chi connectivity index (χ1) is 10.2. The van der Waals surface area contributed by atoms with Gasteiger partial charge in [0.2, 0.25) is 5.91 Å². The van der Waals surface area contributed by atoms with Crippen molar-refractivity contribution in [2.45, 2.75) is 19.4 Å². The molecule has 1 aromatic carbocycles. The Labute approximate surface area is 124 Å². The van der Waals surface area contributed by atoms with Gasteiger partial charge in [-0.15, -0.1) is 0 Å². The Balaban J connectivity index is 1.95. The second-order valence-corrected chi connectivity index (χ2v) is 4.55. The fourth-order valence-electron chi connectivity index (χ4n) is 1.94. The quantitative estimate of drug-likeness (QED) is 0.802. The van der Waals surface area contributed by atoms with Crippen LogP contribution < -0.4 is 10.1 Å². The smallest absolute Gasteiger partial charge is 0.244 e. The highest BCUT2D eigenvalue weighted by molar-refractivity contribution is 5.91. The molecule has 5 heteroatoms. The van der Waals surface area contributed by atoms with Gasteiger partial charge in [0.05, 0.1) is 13.2 Å². The summed E-state index contributed by atoms with van der Waals surface area (Å²) >= 11 is 0. The largest absolute Gasteiger partial charge is 0.497 e. The molecule has 1 aromatic heterocycles. The van der Waals surface area contributed by atoms with Gasteiger partial charge in [-0.25, -0.2) is 4.98 Å². The minimum absolute atomic E-state index is 0.104. The predicted octanol–water partition coefficient (Wildman–Crippen LogP) is 2.70. The maximum atomic E-state index is 11.9. The topological polar surface area (TPSA) is 67.0 Å². The first-order valence-electron chi connectivity index (χ1n) is 6.85. The number of methoxy groups -OCH3 is 1. The van der Waals surface area contributed by atoms with Crippen molar-refractivity contribution in [3.05, 3.63) is 54.1 Å². The highest BCUT2D eigenvalue weighted by Crippen LogP contribution is 2.13. The van der Waals surface area contributed by atoms with Gasteiger partial charge in [-0.2, -0.15) is 0 Å². The molecule has 0 aliphatic heterocycles. The Morgan fingerprint density at radius 1 is 1.43 bits per heavy atom. The van der Waals surface area contributed by atoms with Crippen molar-refractivity contribution in [2.24, 2.45) is 0 Å². The summed E-state index contributed by atoms with van der Waals surface area (Å²) in [5.74, 6) is 1.42. The third-order valence-corrected chi connectivity index (χ3v) is 3.12. The van der Waals surface area contributed by atoms with Gasteiger partial charge in [0, 0.05) is 18.5 Å². The molecule has 0 saturated carbocycles. The summed E-state index contributed by atoms with van der Waals surface area (Å²) < 4.78 is 5.09. The lowest BCUT2D eigenvalue weighted by Gasteiger charge is -2.12. The third kappa shape index (κ3) is 4.21. The van der Waals surface area contributed by atoms with Crippen LogP contribution in [0.4, 0.5) is 0 Å². The summed E-state index contributed by atoms with van der Waals surface area (Å²) in [5, 5.41) is 2.92. The molecule has 1 atom stereocenters. The zero-order valence-corrected chi connectivity index (χ0v) is 12.2. The fourth-order valence-corrected chi connectivity index (χ4v) is 1.94. The van der Waals surface area contributed by atoms with E-state index < -0.39 is 0 Å². The normalized spacial score (nSPS) is 12.3. The Morgan fingerprint density at radius 2 is 2.19 bits per heavy atom. The highest BCUT2D eigenvalue weighted by atomic mass is 16.5. The van der Waals surface area contributed by atoms with Gasteiger partial charge in [0.15, 0.2) is 0 Å². The van der Waals surface area contributed by atoms with E-state index in [4.69, 9.17) is 4.74 Å². The van der Waals surface area contributed by atoms with E-state index in [1.807, 2.05) is 31.2 Å². The summed E-state index contributed by atoms with van der Waals surface area (Å²) in [6.07, 6.45) is 7.49. The molecule has 0 bridgehead atoms. The molecular formula is C16H19N3O2. The SMILES string of the molecule is CCC(NC(=O)/C=C/c1ccc(OC)cc1)c1ncc[nH]1. The average Bonchev–Trinajstić information content (AvgIpc) is 3.05. The number of aromatic nitrogens is 2. The van der Waals surface area contributed by atoms with Crippen molar-refractivity contribution < 1.29 is 9.53 Å². The predicted molar refractivity (Wildman–Crippen MR) is 81.8 cm³/mol. The van der Waals surface area contributed by atoms with Gasteiger partial charge >= 0.3 is 0 Å². The van der Waals surface area contributed by atoms with Crippen LogP contribution in [0.2, 0.25) is 0 Å². The molecule has 110 valence electrons. The second kappa shape index (κ2) is 7.28. The first kappa shape index (κ1) is 14.8. The number of benzene rings is 1. The molecule has 1 unspecified atom stereocenters. The van der Waals surface area contributed by atoms with Crippen LogP contribution in [0.25, 0.3) is 6.08 Å². The van der Waals surface area contributed by atoms with E-state index in [1.54, 1.807) is 25.6 Å². The number of carbonyl (C=O) groups is 1. The number of imidazole rings is 1. The number of carbonyl (C=O) groups excluding carboxylic acids is 1. The standard InChI is InChI=1S/C16H19N3O2/c1-3-14(16-17-10-11-18-16)19-15(20)9-6-12-4-7-13(21-2)8-5-12/h4-11,14H,3H2,1-2H3,(H,17,18)(H,19,20)/b9-6+. The van der Waals surface area contributed by atoms with Crippen LogP contribution in [0.15, 0.2) is 42.7 Å². The van der Waals surface area contributed by atoms with Gasteiger partial charge in [-0.1, -0.05) is 19.1 Å². The number of amides is 1. The minimum atomic E-state index is -0.144. The molecular weight excluding hydrogens is 266 g/mol. The van der Waals surface area contributed by atoms with Gasteiger partial charge in [-0.05, 0) is 30.2 Å². The van der Waals surface area contributed by atoms with Crippen LogP contribution >= 0.6 is 0 Å². The van der Waals surface area contributed by atoms with Crippen molar-refractivity contribution in [3.63, 3.8) is 0 Å². The second-order valence-electron chi connectivity index (χ2n) is 4.55. The van der Waals surface area contributed by atoms with Crippen molar-refractivity contribution in [1.82, 2.24) is 15.3 Å². The monoisotopic (exact) mass is 285 g/mol. The van der Waals surface area contributed by atoms with Crippen LogP contribution in [0.3, 0.4) is 0 Å². The van der Waals surface area contributed by atoms with E-state index in [0.717, 1.165) is 23.6 Å². The van der Waals surface area contributed by atoms with Crippen molar-refractivity contribution >= 4 is 12.0 Å². The van der Waals surface area contributed by atoms with Crippen LogP contribution in [0.1, 0.15) is 30.8 Å². The first-order valence-corrected chi connectivity index (χ1v) is 6.85. The van der Waals surface area contributed by atoms with Crippen LogP contribution in [-0.2, 0) is 4.79 Å². The van der Waals surface area contributed by atoms with Crippen molar-refractivity contribution in [2.75, 3.05) is 7.11 Å². The molecule has 21 heavy (non-hydrogen) atoms. The van der Waals surface area contributed by atoms with E-state index in [0.29, 0.717) is 0 Å². The van der Waals surface area contributed by atoms with E-state index in [-0.39, 0.29) is 11.9 Å². The summed E-state index contributed by atoms with van der Waals surface area (Å²) in [4.78, 5) is 19.1. The molecule has 2 rings (SSSR count). The summed E-state index contributed by atoms with van der Waals surface area (Å²) in [6, 6.07) is 7.40. The third-order valence-electron chi connectivity index (χ3n) is 3.12. The van der Waals surface area contributed by atoms with Gasteiger partial charge in [0.25, 0.3) is 0 Å². The Kier molecular flexibility index (Phi) is 5.15. The lowest BCUT2D eigenvalue weighted by atomic mass is 10.2. The molecule has 0 fully saturated rings. The highest BCUT2D eigenvalue weighted by Gasteiger charge is 2.12. The minimum Gasteiger partial charge on any atom is -0.497 e. The molecule has 5 nitrogen and oxygen atoms in total. The molecule has 0 spiro atoms. The van der Waals surface area contributed by atoms with Crippen LogP contribution in [-0.4, -0.2) is 23.0 Å². The molecule has 0 aliphatic rings. The Hall–Kier alpha value is -2.56. The maximum absolute atomic E-state index is 11.9. The fraction of sp³-hybridized carbons (Fsp3) is 0.250. The van der Waals surface area contributed by atoms with Crippen LogP contribution in [0, 0.1) is 0 Å². The Morgan fingerprint density at radius 3 is 2.76 bits per heavy atom. The molecule has 0 aliphatic carbocycles. The summed E-state index contributed by atoms with van der Waals surface area (Å²) in [7, 11) is 1.62. The van der Waals surface area contributed by atoms with Crippen LogP contribution in [0.5, 0.6) is 5.75 Å². The van der Waals surface area contributed by atoms with E-state index >= 15 is 0 Å². The lowest BCUT2D eigenvalue weighted by Crippen LogP contribution is -2.27. The molecule has 1 heterocycles. The number of hydrogen-bond donors (Lipinski definition) is 2. The maximum Gasteiger partial charge on any atom is 0.244 e. The molecule has 0 saturated heterocycles. The Bertz CT molecular complexity index is 588. The number of hydrogen-bond acceptors (Lipinski definition) is 3. The lowest BCUT2D eigenvalue weighted by molar-refractivity contribution is -0.117. The number of rotatable bonds is 6. The summed E-state index contributed by atoms with van der Waals surface area (Å²) in [5.41, 5.74) is 0.942. The summed E-state index contributed by atoms with van der Waals surface area (Å²) in [6.45, 7) is 2.00. The number of H-pyrrole nitrogens is 1. The van der Waals surface area contributed by atoms with Gasteiger partial charge < -0.3 is 15.0 Å². The number of aromatic amines is 1. The zero-order chi connectivity index (χ0) is 15.1. The average molecular weight is 285 g/mol. The number of ether oxygens (including phenoxy) is 1.